The third-order valence-electron chi connectivity index (χ3n) is 7.47. The Kier molecular flexibility index (Phi) is 9.94. The fraction of sp³-hybridized carbons (Fsp3) is 0.741. The number of imidazole rings is 1. The first-order valence-corrected chi connectivity index (χ1v) is 16.8. The van der Waals surface area contributed by atoms with E-state index in [1.807, 2.05) is 0 Å². The molecular weight excluding hydrogens is 537 g/mol. The number of nitrogens with one attached hydrogen (secondary N) is 1. The van der Waals surface area contributed by atoms with Gasteiger partial charge in [-0.2, -0.15) is 0 Å². The molecule has 3 rings (SSSR count). The molecular formula is C27H44FN5O6Si. The molecule has 0 spiro atoms. The van der Waals surface area contributed by atoms with E-state index in [0.29, 0.717) is 6.61 Å². The highest BCUT2D eigenvalue weighted by molar-refractivity contribution is 6.74. The minimum Gasteiger partial charge on any atom is -0.460 e. The van der Waals surface area contributed by atoms with Gasteiger partial charge in [-0.1, -0.05) is 27.2 Å². The second-order valence-electron chi connectivity index (χ2n) is 12.3. The number of carbonyl (C=O) groups is 2. The van der Waals surface area contributed by atoms with Crippen molar-refractivity contribution in [1.82, 2.24) is 19.5 Å². The lowest BCUT2D eigenvalue weighted by atomic mass is 9.98. The van der Waals surface area contributed by atoms with Crippen molar-refractivity contribution in [2.75, 3.05) is 25.3 Å². The van der Waals surface area contributed by atoms with Crippen LogP contribution in [0.2, 0.25) is 18.1 Å². The predicted octanol–water partition coefficient (Wildman–Crippen LogP) is 5.39. The van der Waals surface area contributed by atoms with Gasteiger partial charge in [-0.25, -0.2) is 24.1 Å². The lowest BCUT2D eigenvalue weighted by Gasteiger charge is -2.39. The van der Waals surface area contributed by atoms with E-state index in [0.717, 1.165) is 12.8 Å². The van der Waals surface area contributed by atoms with Crippen LogP contribution in [-0.4, -0.2) is 72.0 Å². The number of rotatable bonds is 12. The summed E-state index contributed by atoms with van der Waals surface area (Å²) in [5, 5.41) is 2.96. The van der Waals surface area contributed by atoms with Crippen molar-refractivity contribution in [1.29, 1.82) is 0 Å². The Morgan fingerprint density at radius 1 is 1.18 bits per heavy atom. The molecule has 1 fully saturated rings. The second kappa shape index (κ2) is 12.5. The van der Waals surface area contributed by atoms with Gasteiger partial charge in [0.05, 0.1) is 31.1 Å². The molecule has 0 amide bonds. The number of ether oxygens (including phenoxy) is 3. The van der Waals surface area contributed by atoms with Gasteiger partial charge in [0.25, 0.3) is 0 Å². The first kappa shape index (κ1) is 31.9. The van der Waals surface area contributed by atoms with Gasteiger partial charge in [0.15, 0.2) is 38.3 Å². The van der Waals surface area contributed by atoms with Crippen LogP contribution in [0.15, 0.2) is 6.33 Å². The third kappa shape index (κ3) is 7.16. The molecule has 40 heavy (non-hydrogen) atoms. The van der Waals surface area contributed by atoms with Crippen molar-refractivity contribution >= 4 is 37.2 Å². The Labute approximate surface area is 236 Å². The number of aromatic nitrogens is 4. The molecule has 11 nitrogen and oxygen atoms in total. The van der Waals surface area contributed by atoms with Gasteiger partial charge >= 0.3 is 11.9 Å². The maximum Gasteiger partial charge on any atom is 0.376 e. The Bertz CT molecular complexity index is 1200. The highest BCUT2D eigenvalue weighted by Gasteiger charge is 2.43. The normalized spacial score (nSPS) is 20.1. The third-order valence-corrected chi connectivity index (χ3v) is 11.9. The molecule has 1 N–H and O–H groups in total. The summed E-state index contributed by atoms with van der Waals surface area (Å²) in [7, 11) is -2.08. The van der Waals surface area contributed by atoms with Crippen LogP contribution < -0.4 is 5.32 Å². The fourth-order valence-electron chi connectivity index (χ4n) is 4.37. The number of nitrogens with zero attached hydrogens (tertiary/aromatic N) is 4. The Hall–Kier alpha value is -2.64. The summed E-state index contributed by atoms with van der Waals surface area (Å²) in [6, 6.07) is 0. The lowest BCUT2D eigenvalue weighted by molar-refractivity contribution is -0.152. The molecule has 1 aliphatic heterocycles. The van der Waals surface area contributed by atoms with E-state index in [2.05, 4.69) is 54.1 Å². The molecule has 0 aromatic carbocycles. The summed E-state index contributed by atoms with van der Waals surface area (Å²) >= 11 is 0. The fourth-order valence-corrected chi connectivity index (χ4v) is 6.22. The van der Waals surface area contributed by atoms with Crippen molar-refractivity contribution in [2.45, 2.75) is 104 Å². The zero-order valence-corrected chi connectivity index (χ0v) is 26.2. The smallest absolute Gasteiger partial charge is 0.376 e. The van der Waals surface area contributed by atoms with E-state index in [9.17, 15) is 9.59 Å². The molecule has 1 aliphatic rings. The molecule has 224 valence electrons. The number of alkyl halides is 1. The SMILES string of the molecule is CCCC(C)(C)[Si](C)(C)OC[C@@H]1C[C@H](F)[C@H](n2cnc3c(NCOC(=O)C(C)(C)C)nc(C(=O)OCC)nc32)O1. The van der Waals surface area contributed by atoms with Crippen molar-refractivity contribution in [3.05, 3.63) is 12.2 Å². The van der Waals surface area contributed by atoms with Crippen molar-refractivity contribution < 1.29 is 32.6 Å². The molecule has 0 bridgehead atoms. The second-order valence-corrected chi connectivity index (χ2v) is 17.0. The zero-order valence-electron chi connectivity index (χ0n) is 25.2. The summed E-state index contributed by atoms with van der Waals surface area (Å²) < 4.78 is 39.7. The first-order valence-electron chi connectivity index (χ1n) is 13.9. The monoisotopic (exact) mass is 581 g/mol. The van der Waals surface area contributed by atoms with Gasteiger partial charge in [0.1, 0.15) is 6.17 Å². The molecule has 0 saturated carbocycles. The van der Waals surface area contributed by atoms with Crippen molar-refractivity contribution in [3.63, 3.8) is 0 Å². The summed E-state index contributed by atoms with van der Waals surface area (Å²) in [5.74, 6) is -1.25. The molecule has 2 aromatic rings. The van der Waals surface area contributed by atoms with Crippen LogP contribution >= 0.6 is 0 Å². The molecule has 2 aromatic heterocycles. The van der Waals surface area contributed by atoms with Gasteiger partial charge in [-0.15, -0.1) is 0 Å². The van der Waals surface area contributed by atoms with Crippen LogP contribution in [-0.2, 0) is 23.4 Å². The van der Waals surface area contributed by atoms with Gasteiger partial charge in [0, 0.05) is 6.42 Å². The van der Waals surface area contributed by atoms with Crippen LogP contribution in [0.5, 0.6) is 0 Å². The standard InChI is InChI=1S/C27H44FN5O6Si/c1-10-12-27(6,7)40(8,9)38-14-17-13-18(28)23(39-17)33-15-29-19-20(30-16-37-25(35)26(3,4)5)31-21(32-22(19)33)24(34)36-11-2/h15,17-18,23H,10-14,16H2,1-9H3,(H,30,31,32)/t17-,18-,23+/m0/s1. The average molecular weight is 582 g/mol. The summed E-state index contributed by atoms with van der Waals surface area (Å²) in [5.41, 5.74) is -0.235. The molecule has 0 unspecified atom stereocenters. The van der Waals surface area contributed by atoms with E-state index in [1.165, 1.54) is 10.9 Å². The molecule has 0 aliphatic carbocycles. The number of carbonyl (C=O) groups excluding carboxylic acids is 2. The van der Waals surface area contributed by atoms with E-state index in [-0.39, 0.29) is 47.6 Å². The van der Waals surface area contributed by atoms with E-state index in [1.54, 1.807) is 27.7 Å². The van der Waals surface area contributed by atoms with Crippen LogP contribution in [0.3, 0.4) is 0 Å². The van der Waals surface area contributed by atoms with Gasteiger partial charge in [-0.3, -0.25) is 9.36 Å². The number of hydrogen-bond donors (Lipinski definition) is 1. The maximum absolute atomic E-state index is 15.4. The Morgan fingerprint density at radius 3 is 2.50 bits per heavy atom. The first-order chi connectivity index (χ1) is 18.6. The topological polar surface area (TPSA) is 127 Å². The van der Waals surface area contributed by atoms with Gasteiger partial charge in [-0.05, 0) is 52.2 Å². The number of halogens is 1. The summed E-state index contributed by atoms with van der Waals surface area (Å²) in [6.07, 6.45) is 0.898. The Morgan fingerprint density at radius 2 is 1.88 bits per heavy atom. The number of hydrogen-bond acceptors (Lipinski definition) is 10. The number of anilines is 1. The minimum atomic E-state index is -2.08. The van der Waals surface area contributed by atoms with E-state index < -0.39 is 44.2 Å². The molecule has 13 heteroatoms. The highest BCUT2D eigenvalue weighted by atomic mass is 28.4. The Balaban J connectivity index is 1.84. The lowest BCUT2D eigenvalue weighted by Crippen LogP contribution is -2.44. The predicted molar refractivity (Wildman–Crippen MR) is 151 cm³/mol. The zero-order chi connectivity index (χ0) is 29.9. The number of esters is 2. The van der Waals surface area contributed by atoms with E-state index in [4.69, 9.17) is 18.6 Å². The quantitative estimate of drug-likeness (QED) is 0.198. The van der Waals surface area contributed by atoms with Crippen LogP contribution in [0.4, 0.5) is 10.2 Å². The maximum atomic E-state index is 15.4. The summed E-state index contributed by atoms with van der Waals surface area (Å²) in [4.78, 5) is 37.6. The molecule has 3 heterocycles. The van der Waals surface area contributed by atoms with Crippen LogP contribution in [0.25, 0.3) is 11.2 Å². The van der Waals surface area contributed by atoms with E-state index >= 15 is 4.39 Å². The molecule has 1 saturated heterocycles. The summed E-state index contributed by atoms with van der Waals surface area (Å²) in [6.45, 7) is 18.1. The largest absolute Gasteiger partial charge is 0.460 e. The van der Waals surface area contributed by atoms with Gasteiger partial charge in [0.2, 0.25) is 5.82 Å². The minimum absolute atomic E-state index is 0.0699. The van der Waals surface area contributed by atoms with Crippen LogP contribution in [0, 0.1) is 5.41 Å². The average Bonchev–Trinajstić information content (AvgIpc) is 3.44. The molecule has 0 radical (unpaired) electrons. The number of fused-ring (bicyclic) bond motifs is 1. The van der Waals surface area contributed by atoms with Gasteiger partial charge < -0.3 is 24.0 Å². The van der Waals surface area contributed by atoms with Crippen molar-refractivity contribution in [3.8, 4) is 0 Å². The van der Waals surface area contributed by atoms with Crippen LogP contribution in [0.1, 0.15) is 84.6 Å². The highest BCUT2D eigenvalue weighted by Crippen LogP contribution is 2.43. The molecule has 3 atom stereocenters. The van der Waals surface area contributed by atoms with Crippen molar-refractivity contribution in [2.24, 2.45) is 5.41 Å².